The van der Waals surface area contributed by atoms with Crippen LogP contribution < -0.4 is 30.4 Å². The smallest absolute Gasteiger partial charge is 0.506 e. The molecule has 18 heteroatoms. The van der Waals surface area contributed by atoms with Crippen molar-refractivity contribution in [2.45, 2.75) is 80.3 Å². The number of benzene rings is 6. The Morgan fingerprint density at radius 1 is 0.667 bits per heavy atom. The van der Waals surface area contributed by atoms with Crippen molar-refractivity contribution in [2.24, 2.45) is 10.2 Å². The van der Waals surface area contributed by atoms with E-state index in [0.717, 1.165) is 76.5 Å². The van der Waals surface area contributed by atoms with Crippen molar-refractivity contribution in [3.63, 3.8) is 0 Å². The van der Waals surface area contributed by atoms with Gasteiger partial charge in [-0.15, -0.1) is 13.2 Å². The molecule has 0 aliphatic rings. The summed E-state index contributed by atoms with van der Waals surface area (Å²) in [5, 5.41) is 30.6. The predicted molar refractivity (Wildman–Crippen MR) is 290 cm³/mol. The first-order valence-electron chi connectivity index (χ1n) is 24.2. The summed E-state index contributed by atoms with van der Waals surface area (Å²) in [5.41, 5.74) is 14.4. The molecule has 398 valence electrons. The molecule has 0 saturated carbocycles. The molecule has 0 aliphatic carbocycles. The second-order valence-corrected chi connectivity index (χ2v) is 18.8. The van der Waals surface area contributed by atoms with Gasteiger partial charge in [0.1, 0.15) is 42.0 Å². The molecule has 0 atom stereocenters. The number of carbonyl (C=O) groups excluding carboxylic acids is 2. The molecular weight excluding hydrogens is 1010 g/mol. The van der Waals surface area contributed by atoms with Crippen LogP contribution in [-0.4, -0.2) is 78.6 Å². The molecule has 0 saturated heterocycles. The van der Waals surface area contributed by atoms with Gasteiger partial charge in [0.2, 0.25) is 0 Å². The van der Waals surface area contributed by atoms with Gasteiger partial charge in [0.25, 0.3) is 11.8 Å². The van der Waals surface area contributed by atoms with Crippen LogP contribution in [0.4, 0.5) is 13.2 Å². The predicted octanol–water partition coefficient (Wildman–Crippen LogP) is 12.3. The normalized spacial score (nSPS) is 11.5. The van der Waals surface area contributed by atoms with Gasteiger partial charge in [0, 0.05) is 37.3 Å². The zero-order valence-electron chi connectivity index (χ0n) is 42.9. The summed E-state index contributed by atoms with van der Waals surface area (Å²) in [6, 6.07) is 30.6. The second kappa shape index (κ2) is 28.5. The average Bonchev–Trinajstić information content (AvgIpc) is 3.35. The number of carbonyl (C=O) groups is 2. The average molecular weight is 1070 g/mol. The number of ether oxygens (including phenoxy) is 3. The van der Waals surface area contributed by atoms with E-state index in [1.165, 1.54) is 65.9 Å². The molecule has 75 heavy (non-hydrogen) atoms. The Balaban J connectivity index is 0.000000280. The maximum absolute atomic E-state index is 12.4. The summed E-state index contributed by atoms with van der Waals surface area (Å²) < 4.78 is 53.3. The highest BCUT2D eigenvalue weighted by Gasteiger charge is 2.31. The quantitative estimate of drug-likeness (QED) is 0.0253. The van der Waals surface area contributed by atoms with Crippen LogP contribution in [0.15, 0.2) is 119 Å². The van der Waals surface area contributed by atoms with Gasteiger partial charge in [0.05, 0.1) is 22.5 Å². The van der Waals surface area contributed by atoms with Gasteiger partial charge < -0.3 is 29.7 Å². The standard InChI is InChI=1S/C29H31ClF3N3O4.C28H32ClN3O3/c1-4-11-36(18-21-5-8-24(9-6-21)40-29(31,32)33)12-13-39-27-19(2)14-22(15-20(27)3)17-34-35-28(38)23-7-10-26(37)25(30)16-23;1-18(2)23-7-5-21(6-8-23)16-30-11-12-35-27-19(3)13-22(14-20(27)4)17-31-32-28(34)24-9-10-26(33)25(29)15-24/h5-10,14-17,37H,4,11-13,18H2,1-3H3,(H,35,38);5-10,13-15,17-18,30,33H,11-12,16H2,1-4H3,(H,32,34)/b34-17-;31-17-. The van der Waals surface area contributed by atoms with E-state index in [1.807, 2.05) is 52.0 Å². The van der Waals surface area contributed by atoms with Crippen molar-refractivity contribution in [3.05, 3.63) is 180 Å². The van der Waals surface area contributed by atoms with E-state index >= 15 is 0 Å². The molecule has 6 rings (SSSR count). The lowest BCUT2D eigenvalue weighted by atomic mass is 10.0. The SMILES string of the molecule is CCCN(CCOc1c(C)cc(/C=N\NC(=O)c2ccc(O)c(Cl)c2)cc1C)Cc1ccc(OC(F)(F)F)cc1.Cc1cc(/C=N\NC(=O)c2ccc(O)c(Cl)c2)cc(C)c1OCCNCc1ccc(C(C)C)cc1. The fourth-order valence-corrected chi connectivity index (χ4v) is 8.09. The number of phenols is 2. The van der Waals surface area contributed by atoms with Crippen LogP contribution in [0.5, 0.6) is 28.7 Å². The maximum atomic E-state index is 12.4. The number of phenolic OH excluding ortho intramolecular Hbond substituents is 2. The number of hydrogen-bond acceptors (Lipinski definition) is 11. The lowest BCUT2D eigenvalue weighted by Gasteiger charge is -2.23. The molecule has 6 aromatic rings. The molecule has 0 spiro atoms. The van der Waals surface area contributed by atoms with E-state index in [1.54, 1.807) is 18.3 Å². The number of nitrogens with zero attached hydrogens (tertiary/aromatic N) is 3. The Kier molecular flexibility index (Phi) is 22.4. The Morgan fingerprint density at radius 2 is 1.13 bits per heavy atom. The fourth-order valence-electron chi connectivity index (χ4n) is 7.72. The summed E-state index contributed by atoms with van der Waals surface area (Å²) >= 11 is 11.7. The van der Waals surface area contributed by atoms with Crippen molar-refractivity contribution in [2.75, 3.05) is 32.8 Å². The van der Waals surface area contributed by atoms with Gasteiger partial charge in [-0.2, -0.15) is 10.2 Å². The molecule has 0 fully saturated rings. The van der Waals surface area contributed by atoms with E-state index in [2.05, 4.69) is 81.0 Å². The Bertz CT molecular complexity index is 2870. The first-order valence-corrected chi connectivity index (χ1v) is 24.9. The van der Waals surface area contributed by atoms with Crippen LogP contribution in [0, 0.1) is 27.7 Å². The monoisotopic (exact) mass is 1070 g/mol. The number of rotatable bonds is 22. The highest BCUT2D eigenvalue weighted by Crippen LogP contribution is 2.28. The second-order valence-electron chi connectivity index (χ2n) is 17.9. The van der Waals surface area contributed by atoms with Crippen molar-refractivity contribution in [1.29, 1.82) is 0 Å². The number of nitrogens with one attached hydrogen (secondary N) is 3. The highest BCUT2D eigenvalue weighted by atomic mass is 35.5. The van der Waals surface area contributed by atoms with E-state index in [-0.39, 0.29) is 32.9 Å². The summed E-state index contributed by atoms with van der Waals surface area (Å²) in [6.45, 7) is 18.8. The van der Waals surface area contributed by atoms with Crippen molar-refractivity contribution < 1.29 is 47.2 Å². The van der Waals surface area contributed by atoms with Crippen molar-refractivity contribution in [3.8, 4) is 28.7 Å². The number of aromatic hydroxyl groups is 2. The summed E-state index contributed by atoms with van der Waals surface area (Å²) in [6.07, 6.45) is -0.695. The third-order valence-electron chi connectivity index (χ3n) is 11.4. The lowest BCUT2D eigenvalue weighted by Crippen LogP contribution is -2.29. The van der Waals surface area contributed by atoms with E-state index in [4.69, 9.17) is 32.7 Å². The summed E-state index contributed by atoms with van der Waals surface area (Å²) in [5.74, 6) is 0.837. The van der Waals surface area contributed by atoms with E-state index in [0.29, 0.717) is 37.8 Å². The minimum absolute atomic E-state index is 0.0740. The molecule has 0 unspecified atom stereocenters. The van der Waals surface area contributed by atoms with Crippen LogP contribution in [-0.2, 0) is 13.1 Å². The number of halogens is 5. The Labute approximate surface area is 446 Å². The first kappa shape index (κ1) is 58.8. The molecule has 0 heterocycles. The third kappa shape index (κ3) is 19.3. The molecule has 2 amide bonds. The largest absolute Gasteiger partial charge is 0.573 e. The highest BCUT2D eigenvalue weighted by molar-refractivity contribution is 6.32. The molecule has 0 radical (unpaired) electrons. The van der Waals surface area contributed by atoms with Crippen LogP contribution >= 0.6 is 23.2 Å². The Morgan fingerprint density at radius 3 is 1.57 bits per heavy atom. The lowest BCUT2D eigenvalue weighted by molar-refractivity contribution is -0.274. The topological polar surface area (TPSA) is 166 Å². The van der Waals surface area contributed by atoms with Gasteiger partial charge >= 0.3 is 6.36 Å². The molecule has 13 nitrogen and oxygen atoms in total. The zero-order valence-corrected chi connectivity index (χ0v) is 44.5. The van der Waals surface area contributed by atoms with E-state index < -0.39 is 18.2 Å². The number of alkyl halides is 3. The minimum atomic E-state index is -4.71. The van der Waals surface area contributed by atoms with Crippen LogP contribution in [0.3, 0.4) is 0 Å². The number of hydrogen-bond donors (Lipinski definition) is 5. The maximum Gasteiger partial charge on any atom is 0.573 e. The van der Waals surface area contributed by atoms with Gasteiger partial charge in [-0.1, -0.05) is 80.4 Å². The van der Waals surface area contributed by atoms with Crippen LogP contribution in [0.2, 0.25) is 10.0 Å². The molecule has 6 aromatic carbocycles. The van der Waals surface area contributed by atoms with Crippen molar-refractivity contribution >= 4 is 47.4 Å². The summed E-state index contributed by atoms with van der Waals surface area (Å²) in [7, 11) is 0. The van der Waals surface area contributed by atoms with E-state index in [9.17, 15) is 33.0 Å². The molecule has 5 N–H and O–H groups in total. The minimum Gasteiger partial charge on any atom is -0.506 e. The molecule has 0 bridgehead atoms. The van der Waals surface area contributed by atoms with Crippen LogP contribution in [0.25, 0.3) is 0 Å². The van der Waals surface area contributed by atoms with Gasteiger partial charge in [-0.05, 0) is 169 Å². The molecule has 0 aliphatic heterocycles. The molecule has 0 aromatic heterocycles. The summed E-state index contributed by atoms with van der Waals surface area (Å²) in [4.78, 5) is 26.6. The number of hydrazone groups is 2. The molecular formula is C57H63Cl2F3N6O7. The third-order valence-corrected chi connectivity index (χ3v) is 12.0. The van der Waals surface area contributed by atoms with Gasteiger partial charge in [0.15, 0.2) is 0 Å². The Hall–Kier alpha value is -7.11. The van der Waals surface area contributed by atoms with Gasteiger partial charge in [-0.25, -0.2) is 10.9 Å². The number of aryl methyl sites for hydroxylation is 4. The van der Waals surface area contributed by atoms with Crippen molar-refractivity contribution in [1.82, 2.24) is 21.1 Å². The fraction of sp³-hybridized carbons (Fsp3) is 0.298. The van der Waals surface area contributed by atoms with Gasteiger partial charge in [-0.3, -0.25) is 14.5 Å². The zero-order chi connectivity index (χ0) is 54.7. The first-order chi connectivity index (χ1) is 35.7. The number of amides is 2. The van der Waals surface area contributed by atoms with Crippen LogP contribution in [0.1, 0.15) is 104 Å².